The Hall–Kier alpha value is -2.37. The van der Waals surface area contributed by atoms with E-state index < -0.39 is 6.04 Å². The van der Waals surface area contributed by atoms with Crippen molar-refractivity contribution in [1.29, 1.82) is 0 Å². The van der Waals surface area contributed by atoms with Crippen LogP contribution in [-0.4, -0.2) is 29.3 Å². The second-order valence-corrected chi connectivity index (χ2v) is 7.19. The summed E-state index contributed by atoms with van der Waals surface area (Å²) >= 11 is 0. The van der Waals surface area contributed by atoms with Gasteiger partial charge in [-0.15, -0.1) is 0 Å². The van der Waals surface area contributed by atoms with E-state index in [0.717, 1.165) is 0 Å². The van der Waals surface area contributed by atoms with Crippen LogP contribution < -0.4 is 16.0 Å². The lowest BCUT2D eigenvalue weighted by Crippen LogP contribution is -2.46. The van der Waals surface area contributed by atoms with E-state index in [2.05, 4.69) is 16.0 Å². The van der Waals surface area contributed by atoms with E-state index in [1.54, 1.807) is 24.3 Å². The van der Waals surface area contributed by atoms with E-state index in [9.17, 15) is 14.4 Å². The van der Waals surface area contributed by atoms with Crippen molar-refractivity contribution in [1.82, 2.24) is 10.6 Å². The van der Waals surface area contributed by atoms with Crippen molar-refractivity contribution in [2.24, 2.45) is 5.92 Å². The number of anilines is 1. The van der Waals surface area contributed by atoms with E-state index in [-0.39, 0.29) is 29.2 Å². The van der Waals surface area contributed by atoms with Gasteiger partial charge in [0.1, 0.15) is 6.04 Å². The average Bonchev–Trinajstić information content (AvgIpc) is 2.43. The highest BCUT2D eigenvalue weighted by atomic mass is 16.2. The van der Waals surface area contributed by atoms with Crippen molar-refractivity contribution in [3.8, 4) is 0 Å². The van der Waals surface area contributed by atoms with Gasteiger partial charge in [-0.05, 0) is 51.0 Å². The minimum absolute atomic E-state index is 0.0364. The van der Waals surface area contributed by atoms with E-state index in [1.807, 2.05) is 34.6 Å². The topological polar surface area (TPSA) is 87.3 Å². The van der Waals surface area contributed by atoms with Crippen LogP contribution in [0.4, 0.5) is 5.69 Å². The number of carbonyl (C=O) groups is 3. The summed E-state index contributed by atoms with van der Waals surface area (Å²) in [6.45, 7) is 10.8. The SMILES string of the molecule is CC(=O)N[C@@H](C(=O)Nc1ccc(C(=O)NC(C)(C)C)cc1)C(C)C. The van der Waals surface area contributed by atoms with Gasteiger partial charge in [0.15, 0.2) is 0 Å². The molecular formula is C18H27N3O3. The molecule has 3 amide bonds. The predicted molar refractivity (Wildman–Crippen MR) is 94.7 cm³/mol. The summed E-state index contributed by atoms with van der Waals surface area (Å²) in [6.07, 6.45) is 0. The van der Waals surface area contributed by atoms with Crippen LogP contribution in [0.1, 0.15) is 51.9 Å². The quantitative estimate of drug-likeness (QED) is 0.773. The highest BCUT2D eigenvalue weighted by molar-refractivity contribution is 5.98. The number of hydrogen-bond acceptors (Lipinski definition) is 3. The van der Waals surface area contributed by atoms with Crippen LogP contribution in [0.3, 0.4) is 0 Å². The van der Waals surface area contributed by atoms with Crippen LogP contribution in [-0.2, 0) is 9.59 Å². The Kier molecular flexibility index (Phi) is 6.51. The number of nitrogens with one attached hydrogen (secondary N) is 3. The summed E-state index contributed by atoms with van der Waals surface area (Å²) in [5, 5.41) is 8.27. The van der Waals surface area contributed by atoms with Crippen LogP contribution >= 0.6 is 0 Å². The fourth-order valence-electron chi connectivity index (χ4n) is 2.09. The first-order chi connectivity index (χ1) is 11.0. The van der Waals surface area contributed by atoms with E-state index in [4.69, 9.17) is 0 Å². The van der Waals surface area contributed by atoms with E-state index in [1.165, 1.54) is 6.92 Å². The summed E-state index contributed by atoms with van der Waals surface area (Å²) < 4.78 is 0. The summed E-state index contributed by atoms with van der Waals surface area (Å²) in [5.41, 5.74) is 0.779. The van der Waals surface area contributed by atoms with E-state index >= 15 is 0 Å². The lowest BCUT2D eigenvalue weighted by Gasteiger charge is -2.21. The van der Waals surface area contributed by atoms with Crippen molar-refractivity contribution in [3.05, 3.63) is 29.8 Å². The summed E-state index contributed by atoms with van der Waals surface area (Å²) in [4.78, 5) is 35.6. The molecule has 3 N–H and O–H groups in total. The van der Waals surface area contributed by atoms with Crippen molar-refractivity contribution < 1.29 is 14.4 Å². The average molecular weight is 333 g/mol. The zero-order chi connectivity index (χ0) is 18.5. The second-order valence-electron chi connectivity index (χ2n) is 7.19. The molecule has 6 heteroatoms. The van der Waals surface area contributed by atoms with Crippen LogP contribution in [0.2, 0.25) is 0 Å². The van der Waals surface area contributed by atoms with Gasteiger partial charge < -0.3 is 16.0 Å². The molecule has 0 heterocycles. The lowest BCUT2D eigenvalue weighted by atomic mass is 10.0. The maximum absolute atomic E-state index is 12.3. The van der Waals surface area contributed by atoms with Crippen LogP contribution in [0.5, 0.6) is 0 Å². The molecule has 0 aliphatic heterocycles. The molecule has 6 nitrogen and oxygen atoms in total. The van der Waals surface area contributed by atoms with Gasteiger partial charge in [-0.1, -0.05) is 13.8 Å². The van der Waals surface area contributed by atoms with Crippen LogP contribution in [0, 0.1) is 5.92 Å². The van der Waals surface area contributed by atoms with Gasteiger partial charge in [-0.3, -0.25) is 14.4 Å². The van der Waals surface area contributed by atoms with Gasteiger partial charge in [0.05, 0.1) is 0 Å². The second kappa shape index (κ2) is 7.95. The molecule has 1 rings (SSSR count). The van der Waals surface area contributed by atoms with Gasteiger partial charge in [-0.25, -0.2) is 0 Å². The minimum Gasteiger partial charge on any atom is -0.347 e. The Labute approximate surface area is 143 Å². The van der Waals surface area contributed by atoms with Crippen LogP contribution in [0.15, 0.2) is 24.3 Å². The molecule has 1 aromatic carbocycles. The maximum Gasteiger partial charge on any atom is 0.251 e. The lowest BCUT2D eigenvalue weighted by molar-refractivity contribution is -0.126. The largest absolute Gasteiger partial charge is 0.347 e. The highest BCUT2D eigenvalue weighted by Crippen LogP contribution is 2.13. The molecule has 0 aromatic heterocycles. The molecule has 1 aromatic rings. The Balaban J connectivity index is 2.77. The Morgan fingerprint density at radius 2 is 1.54 bits per heavy atom. The molecule has 0 radical (unpaired) electrons. The molecule has 132 valence electrons. The number of amides is 3. The number of carbonyl (C=O) groups excluding carboxylic acids is 3. The smallest absolute Gasteiger partial charge is 0.251 e. The van der Waals surface area contributed by atoms with Crippen molar-refractivity contribution >= 4 is 23.4 Å². The molecule has 24 heavy (non-hydrogen) atoms. The number of rotatable bonds is 5. The van der Waals surface area contributed by atoms with Crippen molar-refractivity contribution in [3.63, 3.8) is 0 Å². The number of benzene rings is 1. The van der Waals surface area contributed by atoms with Crippen molar-refractivity contribution in [2.75, 3.05) is 5.32 Å². The Morgan fingerprint density at radius 1 is 1.00 bits per heavy atom. The first-order valence-electron chi connectivity index (χ1n) is 8.00. The van der Waals surface area contributed by atoms with E-state index in [0.29, 0.717) is 11.3 Å². The van der Waals surface area contributed by atoms with Gasteiger partial charge >= 0.3 is 0 Å². The molecule has 0 aliphatic carbocycles. The van der Waals surface area contributed by atoms with Gasteiger partial charge in [0, 0.05) is 23.7 Å². The zero-order valence-corrected chi connectivity index (χ0v) is 15.2. The predicted octanol–water partition coefficient (Wildman–Crippen LogP) is 2.31. The summed E-state index contributed by atoms with van der Waals surface area (Å²) in [6, 6.07) is 6.03. The standard InChI is InChI=1S/C18H27N3O3/c1-11(2)15(19-12(3)22)17(24)20-14-9-7-13(8-10-14)16(23)21-18(4,5)6/h7-11,15H,1-6H3,(H,19,22)(H,20,24)(H,21,23)/t15-/m1/s1. The zero-order valence-electron chi connectivity index (χ0n) is 15.2. The normalized spacial score (nSPS) is 12.5. The first kappa shape index (κ1) is 19.7. The minimum atomic E-state index is -0.605. The molecule has 0 fully saturated rings. The third-order valence-corrected chi connectivity index (χ3v) is 3.21. The Morgan fingerprint density at radius 3 is 1.96 bits per heavy atom. The van der Waals surface area contributed by atoms with Gasteiger partial charge in [-0.2, -0.15) is 0 Å². The maximum atomic E-state index is 12.3. The number of hydrogen-bond donors (Lipinski definition) is 3. The molecule has 0 unspecified atom stereocenters. The summed E-state index contributed by atoms with van der Waals surface area (Å²) in [5.74, 6) is -0.741. The molecule has 0 saturated heterocycles. The monoisotopic (exact) mass is 333 g/mol. The highest BCUT2D eigenvalue weighted by Gasteiger charge is 2.23. The third-order valence-electron chi connectivity index (χ3n) is 3.21. The molecule has 1 atom stereocenters. The van der Waals surface area contributed by atoms with Gasteiger partial charge in [0.2, 0.25) is 11.8 Å². The Bertz CT molecular complexity index is 601. The van der Waals surface area contributed by atoms with Crippen molar-refractivity contribution in [2.45, 2.75) is 53.1 Å². The molecule has 0 bridgehead atoms. The molecule has 0 spiro atoms. The fraction of sp³-hybridized carbons (Fsp3) is 0.500. The molecule has 0 saturated carbocycles. The van der Waals surface area contributed by atoms with Gasteiger partial charge in [0.25, 0.3) is 5.91 Å². The fourth-order valence-corrected chi connectivity index (χ4v) is 2.09. The summed E-state index contributed by atoms with van der Waals surface area (Å²) in [7, 11) is 0. The first-order valence-corrected chi connectivity index (χ1v) is 8.00. The molecule has 0 aliphatic rings. The molecular weight excluding hydrogens is 306 g/mol. The third kappa shape index (κ3) is 6.40. The van der Waals surface area contributed by atoms with Crippen LogP contribution in [0.25, 0.3) is 0 Å².